The molecular formula is C27H20BrNO5. The van der Waals surface area contributed by atoms with Gasteiger partial charge in [0.2, 0.25) is 5.78 Å². The van der Waals surface area contributed by atoms with E-state index in [0.717, 1.165) is 15.4 Å². The van der Waals surface area contributed by atoms with Crippen molar-refractivity contribution in [1.29, 1.82) is 0 Å². The van der Waals surface area contributed by atoms with E-state index in [-0.39, 0.29) is 11.3 Å². The minimum absolute atomic E-state index is 0.0420. The van der Waals surface area contributed by atoms with Crippen LogP contribution in [0.15, 0.2) is 93.0 Å². The number of nitrogens with zero attached hydrogens (tertiary/aromatic N) is 1. The number of anilines is 1. The number of aliphatic hydroxyl groups excluding tert-OH is 1. The van der Waals surface area contributed by atoms with Crippen LogP contribution in [-0.4, -0.2) is 23.9 Å². The van der Waals surface area contributed by atoms with Crippen LogP contribution in [0.4, 0.5) is 5.69 Å². The standard InChI is InChI=1S/C27H20BrNO5/c1-15-6-5-7-16(12-15)24-23(25(30)22-14-17-13-18(28)10-11-20(17)34-22)26(31)27(32)29(24)19-8-3-4-9-21(19)33-2/h3-14,24,31H,1-2H3. The van der Waals surface area contributed by atoms with Crippen molar-refractivity contribution in [3.05, 3.63) is 105 Å². The maximum absolute atomic E-state index is 13.7. The zero-order chi connectivity index (χ0) is 24.0. The zero-order valence-corrected chi connectivity index (χ0v) is 20.0. The number of para-hydroxylation sites is 2. The van der Waals surface area contributed by atoms with Crippen molar-refractivity contribution >= 4 is 44.3 Å². The van der Waals surface area contributed by atoms with Crippen LogP contribution >= 0.6 is 15.9 Å². The predicted octanol–water partition coefficient (Wildman–Crippen LogP) is 6.30. The number of halogens is 1. The van der Waals surface area contributed by atoms with Gasteiger partial charge in [-0.05, 0) is 48.9 Å². The van der Waals surface area contributed by atoms with Gasteiger partial charge in [0.15, 0.2) is 11.5 Å². The first-order valence-electron chi connectivity index (χ1n) is 10.6. The first-order chi connectivity index (χ1) is 16.4. The Balaban J connectivity index is 1.69. The molecular weight excluding hydrogens is 498 g/mol. The summed E-state index contributed by atoms with van der Waals surface area (Å²) in [5.74, 6) is -1.35. The monoisotopic (exact) mass is 517 g/mol. The fourth-order valence-electron chi connectivity index (χ4n) is 4.33. The number of hydrogen-bond donors (Lipinski definition) is 1. The average Bonchev–Trinajstić information content (AvgIpc) is 3.37. The van der Waals surface area contributed by atoms with E-state index in [1.54, 1.807) is 36.4 Å². The molecule has 0 saturated heterocycles. The Morgan fingerprint density at radius 3 is 2.62 bits per heavy atom. The molecule has 1 aliphatic heterocycles. The molecule has 7 heteroatoms. The molecule has 34 heavy (non-hydrogen) atoms. The van der Waals surface area contributed by atoms with Crippen molar-refractivity contribution < 1.29 is 23.8 Å². The molecule has 170 valence electrons. The van der Waals surface area contributed by atoms with Crippen LogP contribution in [0.1, 0.15) is 27.7 Å². The van der Waals surface area contributed by atoms with Gasteiger partial charge in [0.25, 0.3) is 5.91 Å². The molecule has 1 atom stereocenters. The predicted molar refractivity (Wildman–Crippen MR) is 132 cm³/mol. The number of aryl methyl sites for hydroxylation is 1. The van der Waals surface area contributed by atoms with E-state index in [0.29, 0.717) is 22.6 Å². The van der Waals surface area contributed by atoms with Gasteiger partial charge in [-0.1, -0.05) is 57.9 Å². The molecule has 1 amide bonds. The number of methoxy groups -OCH3 is 1. The van der Waals surface area contributed by atoms with Crippen molar-refractivity contribution in [2.75, 3.05) is 12.0 Å². The summed E-state index contributed by atoms with van der Waals surface area (Å²) in [6, 6.07) is 20.7. The molecule has 0 saturated carbocycles. The van der Waals surface area contributed by atoms with Gasteiger partial charge in [-0.25, -0.2) is 0 Å². The van der Waals surface area contributed by atoms with Gasteiger partial charge in [0.1, 0.15) is 11.3 Å². The number of carbonyl (C=O) groups is 2. The summed E-state index contributed by atoms with van der Waals surface area (Å²) in [7, 11) is 1.51. The highest BCUT2D eigenvalue weighted by molar-refractivity contribution is 9.10. The Hall–Kier alpha value is -3.84. The first kappa shape index (κ1) is 22.0. The quantitative estimate of drug-likeness (QED) is 0.314. The SMILES string of the molecule is COc1ccccc1N1C(=O)C(O)=C(C(=O)c2cc3cc(Br)ccc3o2)C1c1cccc(C)c1. The van der Waals surface area contributed by atoms with Gasteiger partial charge in [-0.15, -0.1) is 0 Å². The van der Waals surface area contributed by atoms with Crippen LogP contribution in [0.5, 0.6) is 5.75 Å². The Labute approximate surface area is 204 Å². The fraction of sp³-hybridized carbons (Fsp3) is 0.111. The van der Waals surface area contributed by atoms with E-state index in [1.807, 2.05) is 43.3 Å². The second-order valence-electron chi connectivity index (χ2n) is 8.05. The summed E-state index contributed by atoms with van der Waals surface area (Å²) >= 11 is 3.42. The number of ketones is 1. The third kappa shape index (κ3) is 3.58. The minimum atomic E-state index is -0.865. The molecule has 1 aliphatic rings. The van der Waals surface area contributed by atoms with Gasteiger partial charge in [-0.3, -0.25) is 14.5 Å². The Morgan fingerprint density at radius 2 is 1.85 bits per heavy atom. The molecule has 1 N–H and O–H groups in total. The average molecular weight is 518 g/mol. The van der Waals surface area contributed by atoms with Crippen LogP contribution in [-0.2, 0) is 4.79 Å². The molecule has 0 fully saturated rings. The van der Waals surface area contributed by atoms with Crippen LogP contribution in [0.25, 0.3) is 11.0 Å². The molecule has 3 aromatic carbocycles. The molecule has 0 spiro atoms. The third-order valence-corrected chi connectivity index (χ3v) is 6.35. The Kier molecular flexibility index (Phi) is 5.49. The van der Waals surface area contributed by atoms with Gasteiger partial charge in [-0.2, -0.15) is 0 Å². The number of benzene rings is 3. The highest BCUT2D eigenvalue weighted by Crippen LogP contribution is 2.45. The zero-order valence-electron chi connectivity index (χ0n) is 18.4. The van der Waals surface area contributed by atoms with Crippen LogP contribution in [0.2, 0.25) is 0 Å². The van der Waals surface area contributed by atoms with E-state index >= 15 is 0 Å². The van der Waals surface area contributed by atoms with Gasteiger partial charge in [0.05, 0.1) is 24.4 Å². The van der Waals surface area contributed by atoms with E-state index in [4.69, 9.17) is 9.15 Å². The number of hydrogen-bond acceptors (Lipinski definition) is 5. The number of carbonyl (C=O) groups excluding carboxylic acids is 2. The summed E-state index contributed by atoms with van der Waals surface area (Å²) in [4.78, 5) is 28.5. The summed E-state index contributed by atoms with van der Waals surface area (Å²) in [6.45, 7) is 1.93. The summed E-state index contributed by atoms with van der Waals surface area (Å²) in [5, 5.41) is 11.7. The lowest BCUT2D eigenvalue weighted by atomic mass is 9.93. The molecule has 2 heterocycles. The van der Waals surface area contributed by atoms with E-state index in [2.05, 4.69) is 15.9 Å². The number of rotatable bonds is 5. The maximum Gasteiger partial charge on any atom is 0.294 e. The van der Waals surface area contributed by atoms with Gasteiger partial charge in [0, 0.05) is 9.86 Å². The normalized spacial score (nSPS) is 15.9. The number of Topliss-reactive ketones (excluding diaryl/α,β-unsaturated/α-hetero) is 1. The van der Waals surface area contributed by atoms with Crippen molar-refractivity contribution in [3.63, 3.8) is 0 Å². The lowest BCUT2D eigenvalue weighted by Crippen LogP contribution is -2.31. The molecule has 1 unspecified atom stereocenters. The van der Waals surface area contributed by atoms with Crippen LogP contribution in [0, 0.1) is 6.92 Å². The van der Waals surface area contributed by atoms with Crippen LogP contribution < -0.4 is 9.64 Å². The number of amides is 1. The third-order valence-electron chi connectivity index (χ3n) is 5.86. The molecule has 5 rings (SSSR count). The van der Waals surface area contributed by atoms with Gasteiger partial charge < -0.3 is 14.3 Å². The molecule has 4 aromatic rings. The summed E-state index contributed by atoms with van der Waals surface area (Å²) in [6.07, 6.45) is 0. The lowest BCUT2D eigenvalue weighted by Gasteiger charge is -2.28. The molecule has 0 radical (unpaired) electrons. The largest absolute Gasteiger partial charge is 0.503 e. The minimum Gasteiger partial charge on any atom is -0.503 e. The number of ether oxygens (including phenoxy) is 1. The van der Waals surface area contributed by atoms with Gasteiger partial charge >= 0.3 is 0 Å². The topological polar surface area (TPSA) is 80.0 Å². The molecule has 0 bridgehead atoms. The van der Waals surface area contributed by atoms with Crippen molar-refractivity contribution in [2.24, 2.45) is 0 Å². The van der Waals surface area contributed by atoms with Crippen molar-refractivity contribution in [3.8, 4) is 5.75 Å². The number of fused-ring (bicyclic) bond motifs is 1. The summed E-state index contributed by atoms with van der Waals surface area (Å²) in [5.41, 5.74) is 2.58. The fourth-order valence-corrected chi connectivity index (χ4v) is 4.71. The maximum atomic E-state index is 13.7. The van der Waals surface area contributed by atoms with E-state index < -0.39 is 23.5 Å². The smallest absolute Gasteiger partial charge is 0.294 e. The Morgan fingerprint density at radius 1 is 1.06 bits per heavy atom. The number of furan rings is 1. The molecule has 0 aliphatic carbocycles. The first-order valence-corrected chi connectivity index (χ1v) is 11.4. The van der Waals surface area contributed by atoms with Crippen molar-refractivity contribution in [1.82, 2.24) is 0 Å². The molecule has 6 nitrogen and oxygen atoms in total. The summed E-state index contributed by atoms with van der Waals surface area (Å²) < 4.78 is 12.1. The second-order valence-corrected chi connectivity index (χ2v) is 8.96. The van der Waals surface area contributed by atoms with Crippen LogP contribution in [0.3, 0.4) is 0 Å². The van der Waals surface area contributed by atoms with E-state index in [9.17, 15) is 14.7 Å². The highest BCUT2D eigenvalue weighted by Gasteiger charge is 2.46. The van der Waals surface area contributed by atoms with E-state index in [1.165, 1.54) is 12.0 Å². The Bertz CT molecular complexity index is 1490. The highest BCUT2D eigenvalue weighted by atomic mass is 79.9. The number of aliphatic hydroxyl groups is 1. The lowest BCUT2D eigenvalue weighted by molar-refractivity contribution is -0.117. The molecule has 1 aromatic heterocycles. The van der Waals surface area contributed by atoms with Crippen molar-refractivity contribution in [2.45, 2.75) is 13.0 Å². The second kappa shape index (κ2) is 8.50.